The van der Waals surface area contributed by atoms with Crippen LogP contribution in [0.25, 0.3) is 0 Å². The number of hydrogen-bond acceptors (Lipinski definition) is 3. The Kier molecular flexibility index (Phi) is 3.22. The van der Waals surface area contributed by atoms with Gasteiger partial charge in [-0.2, -0.15) is 0 Å². The Morgan fingerprint density at radius 3 is 2.55 bits per heavy atom. The number of nitrogens with zero attached hydrogens (tertiary/aromatic N) is 1. The Labute approximate surface area is 73.1 Å². The van der Waals surface area contributed by atoms with Crippen molar-refractivity contribution in [3.63, 3.8) is 0 Å². The van der Waals surface area contributed by atoms with Gasteiger partial charge in [-0.3, -0.25) is 0 Å². The van der Waals surface area contributed by atoms with Gasteiger partial charge < -0.3 is 5.11 Å². The van der Waals surface area contributed by atoms with E-state index < -0.39 is 0 Å². The average Bonchev–Trinajstić information content (AvgIpc) is 2.30. The lowest BCUT2D eigenvalue weighted by atomic mass is 10.0. The fourth-order valence-corrected chi connectivity index (χ4v) is 2.55. The molecule has 66 valence electrons. The highest BCUT2D eigenvalue weighted by atomic mass is 32.2. The summed E-state index contributed by atoms with van der Waals surface area (Å²) in [6.45, 7) is 5.27. The van der Waals surface area contributed by atoms with Crippen LogP contribution in [0.1, 0.15) is 20.3 Å². The summed E-state index contributed by atoms with van der Waals surface area (Å²) in [4.78, 5) is 0. The molecule has 1 heterocycles. The van der Waals surface area contributed by atoms with Gasteiger partial charge in [0.2, 0.25) is 0 Å². The van der Waals surface area contributed by atoms with Crippen LogP contribution in [0.15, 0.2) is 0 Å². The van der Waals surface area contributed by atoms with Crippen molar-refractivity contribution >= 4 is 11.9 Å². The number of β-amino-alcohol motifs (C(OH)–C–C–N with tert-alkyl or cyclic N) is 1. The Bertz CT molecular complexity index is 129. The maximum Gasteiger partial charge on any atom is 0.0692 e. The minimum atomic E-state index is -0.102. The summed E-state index contributed by atoms with van der Waals surface area (Å²) in [6, 6.07) is 0.569. The van der Waals surface area contributed by atoms with Crippen LogP contribution in [0.2, 0.25) is 0 Å². The molecule has 1 unspecified atom stereocenters. The maximum absolute atomic E-state index is 9.40. The fraction of sp³-hybridized carbons (Fsp3) is 1.00. The summed E-state index contributed by atoms with van der Waals surface area (Å²) in [5, 5.41) is 9.40. The first-order chi connectivity index (χ1) is 5.15. The minimum absolute atomic E-state index is 0.102. The molecule has 1 rings (SSSR count). The van der Waals surface area contributed by atoms with Crippen molar-refractivity contribution in [1.82, 2.24) is 4.31 Å². The first kappa shape index (κ1) is 9.36. The molecule has 2 atom stereocenters. The SMILES string of the molecule is CSN1C[C@@H](O)CC1C(C)C. The number of hydrogen-bond donors (Lipinski definition) is 1. The molecule has 0 amide bonds. The van der Waals surface area contributed by atoms with Gasteiger partial charge in [0, 0.05) is 12.6 Å². The monoisotopic (exact) mass is 175 g/mol. The van der Waals surface area contributed by atoms with Crippen LogP contribution in [0.4, 0.5) is 0 Å². The van der Waals surface area contributed by atoms with Crippen molar-refractivity contribution in [3.8, 4) is 0 Å². The number of aliphatic hydroxyl groups is 1. The van der Waals surface area contributed by atoms with Gasteiger partial charge in [0.1, 0.15) is 0 Å². The van der Waals surface area contributed by atoms with Gasteiger partial charge in [0.15, 0.2) is 0 Å². The highest BCUT2D eigenvalue weighted by Crippen LogP contribution is 2.28. The standard InChI is InChI=1S/C8H17NOS/c1-6(2)8-4-7(10)5-9(8)11-3/h6-8,10H,4-5H2,1-3H3/t7-,8?/m0/s1. The Balaban J connectivity index is 2.50. The lowest BCUT2D eigenvalue weighted by Gasteiger charge is -2.24. The summed E-state index contributed by atoms with van der Waals surface area (Å²) in [5.41, 5.74) is 0. The molecule has 0 aromatic carbocycles. The first-order valence-corrected chi connectivity index (χ1v) is 5.32. The molecular formula is C8H17NOS. The van der Waals surface area contributed by atoms with Crippen LogP contribution < -0.4 is 0 Å². The van der Waals surface area contributed by atoms with E-state index in [2.05, 4.69) is 24.4 Å². The number of rotatable bonds is 2. The fourth-order valence-electron chi connectivity index (χ4n) is 1.63. The highest BCUT2D eigenvalue weighted by molar-refractivity contribution is 7.96. The zero-order valence-electron chi connectivity index (χ0n) is 7.45. The summed E-state index contributed by atoms with van der Waals surface area (Å²) in [5.74, 6) is 0.652. The summed E-state index contributed by atoms with van der Waals surface area (Å²) < 4.78 is 2.29. The Hall–Kier alpha value is 0.270. The van der Waals surface area contributed by atoms with Crippen molar-refractivity contribution in [2.45, 2.75) is 32.4 Å². The molecule has 1 aliphatic heterocycles. The predicted molar refractivity (Wildman–Crippen MR) is 49.5 cm³/mol. The zero-order valence-corrected chi connectivity index (χ0v) is 8.27. The van der Waals surface area contributed by atoms with Crippen LogP contribution >= 0.6 is 11.9 Å². The second kappa shape index (κ2) is 3.78. The molecular weight excluding hydrogens is 158 g/mol. The summed E-state index contributed by atoms with van der Waals surface area (Å²) in [7, 11) is 0. The number of aliphatic hydroxyl groups excluding tert-OH is 1. The van der Waals surface area contributed by atoms with Gasteiger partial charge in [-0.05, 0) is 18.6 Å². The van der Waals surface area contributed by atoms with Gasteiger partial charge in [-0.25, -0.2) is 4.31 Å². The van der Waals surface area contributed by atoms with Crippen molar-refractivity contribution in [1.29, 1.82) is 0 Å². The quantitative estimate of drug-likeness (QED) is 0.641. The third kappa shape index (κ3) is 2.10. The minimum Gasteiger partial charge on any atom is -0.392 e. The molecule has 11 heavy (non-hydrogen) atoms. The zero-order chi connectivity index (χ0) is 8.43. The van der Waals surface area contributed by atoms with Crippen molar-refractivity contribution < 1.29 is 5.11 Å². The molecule has 0 aromatic rings. The van der Waals surface area contributed by atoms with Gasteiger partial charge in [0.25, 0.3) is 0 Å². The summed E-state index contributed by atoms with van der Waals surface area (Å²) >= 11 is 1.75. The van der Waals surface area contributed by atoms with E-state index >= 15 is 0 Å². The van der Waals surface area contributed by atoms with Gasteiger partial charge in [0.05, 0.1) is 6.10 Å². The Morgan fingerprint density at radius 1 is 1.55 bits per heavy atom. The lowest BCUT2D eigenvalue weighted by molar-refractivity contribution is 0.188. The molecule has 0 spiro atoms. The predicted octanol–water partition coefficient (Wildman–Crippen LogP) is 1.36. The largest absolute Gasteiger partial charge is 0.392 e. The third-order valence-corrected chi connectivity index (χ3v) is 3.17. The van der Waals surface area contributed by atoms with E-state index in [1.54, 1.807) is 11.9 Å². The molecule has 3 heteroatoms. The highest BCUT2D eigenvalue weighted by Gasteiger charge is 2.32. The molecule has 1 saturated heterocycles. The van der Waals surface area contributed by atoms with Gasteiger partial charge >= 0.3 is 0 Å². The normalized spacial score (nSPS) is 33.5. The molecule has 0 aromatic heterocycles. The molecule has 0 saturated carbocycles. The molecule has 0 aliphatic carbocycles. The van der Waals surface area contributed by atoms with E-state index in [0.29, 0.717) is 12.0 Å². The van der Waals surface area contributed by atoms with E-state index in [1.165, 1.54) is 0 Å². The van der Waals surface area contributed by atoms with Crippen molar-refractivity contribution in [3.05, 3.63) is 0 Å². The smallest absolute Gasteiger partial charge is 0.0692 e. The van der Waals surface area contributed by atoms with Crippen molar-refractivity contribution in [2.24, 2.45) is 5.92 Å². The van der Waals surface area contributed by atoms with Crippen LogP contribution in [-0.4, -0.2) is 34.4 Å². The molecule has 1 fully saturated rings. The van der Waals surface area contributed by atoms with Gasteiger partial charge in [-0.15, -0.1) is 0 Å². The maximum atomic E-state index is 9.40. The Morgan fingerprint density at radius 2 is 2.18 bits per heavy atom. The summed E-state index contributed by atoms with van der Waals surface area (Å²) in [6.07, 6.45) is 2.92. The van der Waals surface area contributed by atoms with Crippen LogP contribution in [-0.2, 0) is 0 Å². The molecule has 1 aliphatic rings. The second-order valence-corrected chi connectivity index (χ2v) is 4.32. The van der Waals surface area contributed by atoms with Crippen LogP contribution in [0, 0.1) is 5.92 Å². The third-order valence-electron chi connectivity index (χ3n) is 2.28. The van der Waals surface area contributed by atoms with E-state index in [4.69, 9.17) is 0 Å². The van der Waals surface area contributed by atoms with Gasteiger partial charge in [-0.1, -0.05) is 25.8 Å². The average molecular weight is 175 g/mol. The molecule has 2 nitrogen and oxygen atoms in total. The van der Waals surface area contributed by atoms with Crippen LogP contribution in [0.5, 0.6) is 0 Å². The lowest BCUT2D eigenvalue weighted by Crippen LogP contribution is -2.27. The second-order valence-electron chi connectivity index (χ2n) is 3.48. The van der Waals surface area contributed by atoms with Crippen LogP contribution in [0.3, 0.4) is 0 Å². The van der Waals surface area contributed by atoms with E-state index in [-0.39, 0.29) is 6.10 Å². The van der Waals surface area contributed by atoms with E-state index in [1.807, 2.05) is 0 Å². The van der Waals surface area contributed by atoms with Crippen molar-refractivity contribution in [2.75, 3.05) is 12.8 Å². The van der Waals surface area contributed by atoms with E-state index in [9.17, 15) is 5.11 Å². The first-order valence-electron chi connectivity index (χ1n) is 4.14. The topological polar surface area (TPSA) is 23.5 Å². The van der Waals surface area contributed by atoms with E-state index in [0.717, 1.165) is 13.0 Å². The molecule has 0 bridgehead atoms. The molecule has 1 N–H and O–H groups in total. The molecule has 0 radical (unpaired) electrons.